The summed E-state index contributed by atoms with van der Waals surface area (Å²) in [5.74, 6) is -0.722. The maximum absolute atomic E-state index is 13.1. The first-order valence-electron chi connectivity index (χ1n) is 39.0. The smallest absolute Gasteiger partial charge is 0.462 e. The van der Waals surface area contributed by atoms with E-state index in [1.54, 1.807) is 0 Å². The first kappa shape index (κ1) is 92.1. The van der Waals surface area contributed by atoms with Gasteiger partial charge in [-0.15, -0.1) is 0 Å². The third kappa shape index (κ3) is 68.6. The van der Waals surface area contributed by atoms with E-state index in [-0.39, 0.29) is 25.7 Å². The minimum absolute atomic E-state index is 0.103. The molecular weight excluding hydrogens is 1230 g/mol. The molecular formula is C75H146O17P2. The van der Waals surface area contributed by atoms with Gasteiger partial charge in [0.05, 0.1) is 26.4 Å². The third-order valence-electron chi connectivity index (χ3n) is 17.5. The van der Waals surface area contributed by atoms with Gasteiger partial charge >= 0.3 is 39.5 Å². The second kappa shape index (κ2) is 66.9. The number of carbonyl (C=O) groups is 4. The van der Waals surface area contributed by atoms with Crippen LogP contribution in [0.4, 0.5) is 0 Å². The van der Waals surface area contributed by atoms with Gasteiger partial charge in [0, 0.05) is 25.7 Å². The van der Waals surface area contributed by atoms with E-state index in [2.05, 4.69) is 41.5 Å². The van der Waals surface area contributed by atoms with Crippen molar-refractivity contribution in [3.8, 4) is 0 Å². The van der Waals surface area contributed by atoms with Crippen LogP contribution < -0.4 is 0 Å². The molecule has 0 fully saturated rings. The predicted molar refractivity (Wildman–Crippen MR) is 381 cm³/mol. The molecule has 558 valence electrons. The summed E-state index contributed by atoms with van der Waals surface area (Å²) >= 11 is 0. The van der Waals surface area contributed by atoms with Crippen molar-refractivity contribution >= 4 is 39.5 Å². The maximum atomic E-state index is 13.1. The van der Waals surface area contributed by atoms with Crippen molar-refractivity contribution in [1.29, 1.82) is 0 Å². The zero-order valence-corrected chi connectivity index (χ0v) is 63.1. The number of phosphoric ester groups is 2. The number of rotatable bonds is 74. The van der Waals surface area contributed by atoms with Gasteiger partial charge in [-0.3, -0.25) is 37.3 Å². The highest BCUT2D eigenvalue weighted by atomic mass is 31.2. The number of ether oxygens (including phenoxy) is 4. The summed E-state index contributed by atoms with van der Waals surface area (Å²) in [6, 6.07) is 0. The minimum atomic E-state index is -4.95. The molecule has 17 nitrogen and oxygen atoms in total. The van der Waals surface area contributed by atoms with Crippen molar-refractivity contribution < 1.29 is 80.2 Å². The molecule has 0 aromatic carbocycles. The molecule has 0 aromatic rings. The molecule has 0 radical (unpaired) electrons. The summed E-state index contributed by atoms with van der Waals surface area (Å²) in [5.41, 5.74) is 0. The lowest BCUT2D eigenvalue weighted by molar-refractivity contribution is -0.161. The monoisotopic (exact) mass is 1380 g/mol. The Morgan fingerprint density at radius 2 is 0.489 bits per heavy atom. The molecule has 0 rings (SSSR count). The summed E-state index contributed by atoms with van der Waals surface area (Å²) in [7, 11) is -9.91. The van der Waals surface area contributed by atoms with Gasteiger partial charge in [0.2, 0.25) is 0 Å². The molecule has 0 aliphatic rings. The van der Waals surface area contributed by atoms with Gasteiger partial charge in [-0.05, 0) is 37.5 Å². The van der Waals surface area contributed by atoms with Crippen molar-refractivity contribution in [2.75, 3.05) is 39.6 Å². The molecule has 0 aliphatic heterocycles. The lowest BCUT2D eigenvalue weighted by Crippen LogP contribution is -2.30. The molecule has 0 spiro atoms. The number of hydrogen-bond donors (Lipinski definition) is 3. The Kier molecular flexibility index (Phi) is 65.5. The Labute approximate surface area is 575 Å². The first-order valence-corrected chi connectivity index (χ1v) is 42.0. The van der Waals surface area contributed by atoms with E-state index < -0.39 is 97.5 Å². The lowest BCUT2D eigenvalue weighted by Gasteiger charge is -2.21. The van der Waals surface area contributed by atoms with Crippen LogP contribution in [0.5, 0.6) is 0 Å². The largest absolute Gasteiger partial charge is 0.472 e. The first-order chi connectivity index (χ1) is 45.4. The fraction of sp³-hybridized carbons (Fsp3) is 0.947. The highest BCUT2D eigenvalue weighted by Crippen LogP contribution is 2.45. The maximum Gasteiger partial charge on any atom is 0.472 e. The van der Waals surface area contributed by atoms with E-state index in [9.17, 15) is 43.2 Å². The Morgan fingerprint density at radius 1 is 0.287 bits per heavy atom. The molecule has 3 N–H and O–H groups in total. The number of esters is 4. The summed E-state index contributed by atoms with van der Waals surface area (Å²) in [5, 5.41) is 10.6. The fourth-order valence-electron chi connectivity index (χ4n) is 11.5. The van der Waals surface area contributed by atoms with E-state index in [1.807, 2.05) is 0 Å². The molecule has 5 atom stereocenters. The Hall–Kier alpha value is -1.94. The third-order valence-corrected chi connectivity index (χ3v) is 19.4. The van der Waals surface area contributed by atoms with Gasteiger partial charge in [-0.2, -0.15) is 0 Å². The van der Waals surface area contributed by atoms with E-state index in [0.717, 1.165) is 96.3 Å². The highest BCUT2D eigenvalue weighted by molar-refractivity contribution is 7.47. The summed E-state index contributed by atoms with van der Waals surface area (Å²) in [6.45, 7) is 9.45. The molecule has 0 saturated heterocycles. The van der Waals surface area contributed by atoms with E-state index in [4.69, 9.17) is 37.0 Å². The van der Waals surface area contributed by atoms with Crippen LogP contribution in [0.1, 0.15) is 388 Å². The van der Waals surface area contributed by atoms with Crippen LogP contribution in [0.25, 0.3) is 0 Å². The van der Waals surface area contributed by atoms with Crippen molar-refractivity contribution in [1.82, 2.24) is 0 Å². The van der Waals surface area contributed by atoms with Crippen LogP contribution >= 0.6 is 15.6 Å². The molecule has 94 heavy (non-hydrogen) atoms. The molecule has 19 heteroatoms. The molecule has 0 aromatic heterocycles. The molecule has 0 aliphatic carbocycles. The highest BCUT2D eigenvalue weighted by Gasteiger charge is 2.30. The average Bonchev–Trinajstić information content (AvgIpc) is 2.08. The molecule has 0 bridgehead atoms. The van der Waals surface area contributed by atoms with Gasteiger partial charge in [0.25, 0.3) is 0 Å². The Morgan fingerprint density at radius 3 is 0.723 bits per heavy atom. The number of unbranched alkanes of at least 4 members (excludes halogenated alkanes) is 44. The van der Waals surface area contributed by atoms with Crippen LogP contribution in [0.2, 0.25) is 0 Å². The van der Waals surface area contributed by atoms with E-state index in [1.165, 1.54) is 199 Å². The lowest BCUT2D eigenvalue weighted by atomic mass is 10.0. The molecule has 2 unspecified atom stereocenters. The molecule has 0 heterocycles. The van der Waals surface area contributed by atoms with Gasteiger partial charge in [0.15, 0.2) is 12.2 Å². The second-order valence-electron chi connectivity index (χ2n) is 28.0. The number of aliphatic hydroxyl groups excluding tert-OH is 1. The standard InChI is InChI=1S/C75H146O17P2/c1-7-9-11-13-15-17-19-21-22-23-24-25-26-27-28-29-30-32-34-40-47-53-59-74(79)91-70(63-85-72(77)57-51-45-39-33-31-20-18-16-14-12-10-8-2)65-89-93(81,82)87-61-69(76)62-88-94(83,84)90-66-71(92-75(80)60-54-48-42-36-38-44-50-56-68(5)6)64-86-73(78)58-52-46-41-35-37-43-49-55-67(3)4/h67-71,76H,7-66H2,1-6H3,(H,81,82)(H,83,84)/t69-,70-,71-/m1/s1. The SMILES string of the molecule is CCCCCCCCCCCCCCCCCCCCCCCCC(=O)O[C@H](COC(=O)CCCCCCCCCCCCCC)COP(=O)(O)OC[C@@H](O)COP(=O)(O)OC[C@@H](COC(=O)CCCCCCCCCC(C)C)OC(=O)CCCCCCCCCC(C)C. The fourth-order valence-corrected chi connectivity index (χ4v) is 13.1. The topological polar surface area (TPSA) is 237 Å². The second-order valence-corrected chi connectivity index (χ2v) is 30.9. The van der Waals surface area contributed by atoms with Crippen LogP contribution in [0.3, 0.4) is 0 Å². The summed E-state index contributed by atoms with van der Waals surface area (Å²) < 4.78 is 68.4. The minimum Gasteiger partial charge on any atom is -0.462 e. The van der Waals surface area contributed by atoms with Crippen LogP contribution in [0, 0.1) is 11.8 Å². The quantitative estimate of drug-likeness (QED) is 0.0222. The number of aliphatic hydroxyl groups is 1. The van der Waals surface area contributed by atoms with E-state index in [0.29, 0.717) is 37.5 Å². The van der Waals surface area contributed by atoms with Gasteiger partial charge in [-0.1, -0.05) is 337 Å². The normalized spacial score (nSPS) is 14.0. The van der Waals surface area contributed by atoms with E-state index >= 15 is 0 Å². The van der Waals surface area contributed by atoms with Crippen LogP contribution in [0.15, 0.2) is 0 Å². The summed E-state index contributed by atoms with van der Waals surface area (Å²) in [4.78, 5) is 72.6. The number of carbonyl (C=O) groups excluding carboxylic acids is 4. The van der Waals surface area contributed by atoms with Gasteiger partial charge in [-0.25, -0.2) is 9.13 Å². The molecule has 0 saturated carbocycles. The molecule has 0 amide bonds. The van der Waals surface area contributed by atoms with Gasteiger partial charge < -0.3 is 33.8 Å². The Bertz CT molecular complexity index is 1820. The predicted octanol–water partition coefficient (Wildman–Crippen LogP) is 21.9. The van der Waals surface area contributed by atoms with Crippen LogP contribution in [-0.2, 0) is 65.4 Å². The van der Waals surface area contributed by atoms with Crippen molar-refractivity contribution in [3.63, 3.8) is 0 Å². The zero-order chi connectivity index (χ0) is 69.3. The number of phosphoric acid groups is 2. The van der Waals surface area contributed by atoms with Crippen molar-refractivity contribution in [2.45, 2.75) is 407 Å². The summed E-state index contributed by atoms with van der Waals surface area (Å²) in [6.07, 6.45) is 54.5. The Balaban J connectivity index is 5.16. The van der Waals surface area contributed by atoms with Crippen LogP contribution in [-0.4, -0.2) is 96.7 Å². The van der Waals surface area contributed by atoms with Crippen molar-refractivity contribution in [2.24, 2.45) is 11.8 Å². The van der Waals surface area contributed by atoms with Crippen molar-refractivity contribution in [3.05, 3.63) is 0 Å². The average molecular weight is 1380 g/mol. The van der Waals surface area contributed by atoms with Gasteiger partial charge in [0.1, 0.15) is 19.3 Å². The zero-order valence-electron chi connectivity index (χ0n) is 61.3. The number of hydrogen-bond acceptors (Lipinski definition) is 15.